The maximum absolute atomic E-state index is 12.6. The molecule has 9 heteroatoms. The average molecular weight is 335 g/mol. The van der Waals surface area contributed by atoms with Gasteiger partial charge in [0.15, 0.2) is 0 Å². The Kier molecular flexibility index (Phi) is 4.15. The molecule has 124 valence electrons. The molecule has 0 saturated heterocycles. The van der Waals surface area contributed by atoms with Crippen LogP contribution in [0.4, 0.5) is 19.0 Å². The molecule has 0 radical (unpaired) electrons. The van der Waals surface area contributed by atoms with Gasteiger partial charge in [-0.15, -0.1) is 0 Å². The van der Waals surface area contributed by atoms with Crippen molar-refractivity contribution >= 4 is 5.82 Å². The van der Waals surface area contributed by atoms with Gasteiger partial charge in [-0.05, 0) is 5.56 Å². The van der Waals surface area contributed by atoms with Gasteiger partial charge in [-0.3, -0.25) is 0 Å². The predicted octanol–water partition coefficient (Wildman–Crippen LogP) is 3.47. The fraction of sp³-hybridized carbons (Fsp3) is 0.200. The molecule has 2 heterocycles. The molecule has 3 rings (SSSR count). The van der Waals surface area contributed by atoms with Crippen LogP contribution < -0.4 is 5.32 Å². The monoisotopic (exact) mass is 335 g/mol. The van der Waals surface area contributed by atoms with E-state index in [0.717, 1.165) is 23.5 Å². The zero-order valence-corrected chi connectivity index (χ0v) is 12.5. The number of aryl methyl sites for hydroxylation is 1. The molecule has 6 nitrogen and oxygen atoms in total. The molecule has 3 aromatic rings. The van der Waals surface area contributed by atoms with Gasteiger partial charge in [0.25, 0.3) is 0 Å². The van der Waals surface area contributed by atoms with Gasteiger partial charge < -0.3 is 9.84 Å². The molecular formula is C15H12F3N5O. The maximum atomic E-state index is 12.6. The lowest BCUT2D eigenvalue weighted by molar-refractivity contribution is -0.141. The van der Waals surface area contributed by atoms with Crippen molar-refractivity contribution in [1.82, 2.24) is 20.1 Å². The van der Waals surface area contributed by atoms with Crippen LogP contribution >= 0.6 is 0 Å². The summed E-state index contributed by atoms with van der Waals surface area (Å²) in [5.74, 6) is 1.06. The standard InChI is InChI=1S/C15H12F3N5O/c1-9-22-14(23-24-9)11-4-2-10(3-5-11)7-19-13-6-12(15(16,17)18)20-8-21-13/h2-6,8H,7H2,1H3,(H,19,20,21). The van der Waals surface area contributed by atoms with E-state index in [1.165, 1.54) is 0 Å². The average Bonchev–Trinajstić information content (AvgIpc) is 2.99. The lowest BCUT2D eigenvalue weighted by Gasteiger charge is -2.09. The summed E-state index contributed by atoms with van der Waals surface area (Å²) < 4.78 is 42.7. The molecule has 0 aliphatic carbocycles. The quantitative estimate of drug-likeness (QED) is 0.787. The summed E-state index contributed by atoms with van der Waals surface area (Å²) in [6, 6.07) is 8.13. The fourth-order valence-corrected chi connectivity index (χ4v) is 1.99. The molecule has 0 saturated carbocycles. The first kappa shape index (κ1) is 15.9. The van der Waals surface area contributed by atoms with Crippen LogP contribution in [0.1, 0.15) is 17.1 Å². The van der Waals surface area contributed by atoms with E-state index in [-0.39, 0.29) is 5.82 Å². The molecule has 0 bridgehead atoms. The minimum Gasteiger partial charge on any atom is -0.366 e. The second-order valence-corrected chi connectivity index (χ2v) is 4.97. The molecule has 0 unspecified atom stereocenters. The van der Waals surface area contributed by atoms with Crippen LogP contribution in [-0.2, 0) is 12.7 Å². The molecule has 1 N–H and O–H groups in total. The topological polar surface area (TPSA) is 76.7 Å². The summed E-state index contributed by atoms with van der Waals surface area (Å²) >= 11 is 0. The summed E-state index contributed by atoms with van der Waals surface area (Å²) in [5, 5.41) is 6.65. The largest absolute Gasteiger partial charge is 0.433 e. The third kappa shape index (κ3) is 3.67. The van der Waals surface area contributed by atoms with Crippen LogP contribution in [0.25, 0.3) is 11.4 Å². The number of anilines is 1. The number of hydrogen-bond acceptors (Lipinski definition) is 6. The Bertz CT molecular complexity index is 830. The normalized spacial score (nSPS) is 11.5. The Morgan fingerprint density at radius 1 is 1.12 bits per heavy atom. The highest BCUT2D eigenvalue weighted by molar-refractivity contribution is 5.54. The molecule has 0 fully saturated rings. The van der Waals surface area contributed by atoms with Gasteiger partial charge in [-0.25, -0.2) is 9.97 Å². The SMILES string of the molecule is Cc1nc(-c2ccc(CNc3cc(C(F)(F)F)ncn3)cc2)no1. The number of nitrogens with zero attached hydrogens (tertiary/aromatic N) is 4. The van der Waals surface area contributed by atoms with E-state index >= 15 is 0 Å². The van der Waals surface area contributed by atoms with Crippen LogP contribution in [0, 0.1) is 6.92 Å². The molecular weight excluding hydrogens is 323 g/mol. The third-order valence-electron chi connectivity index (χ3n) is 3.17. The smallest absolute Gasteiger partial charge is 0.366 e. The van der Waals surface area contributed by atoms with E-state index < -0.39 is 11.9 Å². The summed E-state index contributed by atoms with van der Waals surface area (Å²) in [6.45, 7) is 2.02. The minimum absolute atomic E-state index is 0.107. The zero-order valence-electron chi connectivity index (χ0n) is 12.5. The van der Waals surface area contributed by atoms with E-state index in [0.29, 0.717) is 18.3 Å². The lowest BCUT2D eigenvalue weighted by atomic mass is 10.1. The van der Waals surface area contributed by atoms with Crippen LogP contribution in [0.2, 0.25) is 0 Å². The van der Waals surface area contributed by atoms with Gasteiger partial charge in [0, 0.05) is 25.1 Å². The summed E-state index contributed by atoms with van der Waals surface area (Å²) in [7, 11) is 0. The Morgan fingerprint density at radius 2 is 1.88 bits per heavy atom. The van der Waals surface area contributed by atoms with Crippen LogP contribution in [-0.4, -0.2) is 20.1 Å². The summed E-state index contributed by atoms with van der Waals surface area (Å²) in [4.78, 5) is 11.1. The van der Waals surface area contributed by atoms with Crippen molar-refractivity contribution < 1.29 is 17.7 Å². The van der Waals surface area contributed by atoms with Crippen LogP contribution in [0.15, 0.2) is 41.2 Å². The van der Waals surface area contributed by atoms with Crippen molar-refractivity contribution in [3.63, 3.8) is 0 Å². The van der Waals surface area contributed by atoms with E-state index in [2.05, 4.69) is 25.4 Å². The molecule has 0 amide bonds. The minimum atomic E-state index is -4.50. The highest BCUT2D eigenvalue weighted by Crippen LogP contribution is 2.28. The van der Waals surface area contributed by atoms with E-state index in [1.54, 1.807) is 6.92 Å². The number of nitrogens with one attached hydrogen (secondary N) is 1. The molecule has 2 aromatic heterocycles. The van der Waals surface area contributed by atoms with Crippen LogP contribution in [0.5, 0.6) is 0 Å². The van der Waals surface area contributed by atoms with E-state index in [1.807, 2.05) is 24.3 Å². The third-order valence-corrected chi connectivity index (χ3v) is 3.17. The fourth-order valence-electron chi connectivity index (χ4n) is 1.99. The second-order valence-electron chi connectivity index (χ2n) is 4.97. The molecule has 0 aliphatic heterocycles. The first-order valence-corrected chi connectivity index (χ1v) is 6.94. The number of hydrogen-bond donors (Lipinski definition) is 1. The van der Waals surface area contributed by atoms with Crippen molar-refractivity contribution in [3.8, 4) is 11.4 Å². The highest BCUT2D eigenvalue weighted by atomic mass is 19.4. The van der Waals surface area contributed by atoms with Crippen molar-refractivity contribution in [3.05, 3.63) is 53.8 Å². The van der Waals surface area contributed by atoms with E-state index in [4.69, 9.17) is 4.52 Å². The zero-order chi connectivity index (χ0) is 17.2. The van der Waals surface area contributed by atoms with Crippen molar-refractivity contribution in [2.24, 2.45) is 0 Å². The lowest BCUT2D eigenvalue weighted by Crippen LogP contribution is -2.10. The number of benzene rings is 1. The number of halogens is 3. The first-order valence-electron chi connectivity index (χ1n) is 6.94. The highest BCUT2D eigenvalue weighted by Gasteiger charge is 2.32. The number of rotatable bonds is 4. The van der Waals surface area contributed by atoms with Gasteiger partial charge in [0.2, 0.25) is 11.7 Å². The molecule has 1 aromatic carbocycles. The Balaban J connectivity index is 1.67. The predicted molar refractivity (Wildman–Crippen MR) is 78.8 cm³/mol. The Morgan fingerprint density at radius 3 is 2.50 bits per heavy atom. The molecule has 24 heavy (non-hydrogen) atoms. The summed E-state index contributed by atoms with van der Waals surface area (Å²) in [6.07, 6.45) is -3.61. The Labute approximate surface area is 134 Å². The van der Waals surface area contributed by atoms with E-state index in [9.17, 15) is 13.2 Å². The number of aromatic nitrogens is 4. The van der Waals surface area contributed by atoms with Crippen molar-refractivity contribution in [2.75, 3.05) is 5.32 Å². The van der Waals surface area contributed by atoms with Gasteiger partial charge in [-0.2, -0.15) is 18.2 Å². The van der Waals surface area contributed by atoms with Gasteiger partial charge >= 0.3 is 6.18 Å². The maximum Gasteiger partial charge on any atom is 0.433 e. The van der Waals surface area contributed by atoms with Gasteiger partial charge in [0.1, 0.15) is 17.8 Å². The number of alkyl halides is 3. The van der Waals surface area contributed by atoms with Gasteiger partial charge in [-0.1, -0.05) is 29.4 Å². The van der Waals surface area contributed by atoms with Gasteiger partial charge in [0.05, 0.1) is 0 Å². The van der Waals surface area contributed by atoms with Crippen molar-refractivity contribution in [2.45, 2.75) is 19.6 Å². The first-order chi connectivity index (χ1) is 11.4. The molecule has 0 spiro atoms. The Hall–Kier alpha value is -2.97. The van der Waals surface area contributed by atoms with Crippen LogP contribution in [0.3, 0.4) is 0 Å². The summed E-state index contributed by atoms with van der Waals surface area (Å²) in [5.41, 5.74) is 0.672. The second kappa shape index (κ2) is 6.26. The molecule has 0 atom stereocenters. The molecule has 0 aliphatic rings. The van der Waals surface area contributed by atoms with Crippen molar-refractivity contribution in [1.29, 1.82) is 0 Å².